The molecule has 0 unspecified atom stereocenters. The van der Waals surface area contributed by atoms with Gasteiger partial charge in [-0.05, 0) is 24.5 Å². The van der Waals surface area contributed by atoms with Gasteiger partial charge < -0.3 is 0 Å². The fraction of sp³-hybridized carbons (Fsp3) is 0.429. The van der Waals surface area contributed by atoms with Gasteiger partial charge in [0.25, 0.3) is 0 Å². The summed E-state index contributed by atoms with van der Waals surface area (Å²) in [6, 6.07) is 5.73. The number of Topliss-reactive ketones (excluding diaryl/α,β-unsaturated/α-hetero) is 2. The van der Waals surface area contributed by atoms with Gasteiger partial charge in [0.2, 0.25) is 11.6 Å². The molecule has 0 atom stereocenters. The van der Waals surface area contributed by atoms with Crippen LogP contribution in [-0.2, 0) is 4.79 Å². The molecule has 0 amide bonds. The largest absolute Gasteiger partial charge is 0.290 e. The van der Waals surface area contributed by atoms with E-state index in [1.807, 2.05) is 39.0 Å². The number of ketones is 2. The van der Waals surface area contributed by atoms with Gasteiger partial charge in [0.05, 0.1) is 0 Å². The normalized spacial score (nSPS) is 10.6. The van der Waals surface area contributed by atoms with Crippen molar-refractivity contribution in [3.8, 4) is 0 Å². The highest BCUT2D eigenvalue weighted by molar-refractivity contribution is 6.44. The minimum absolute atomic E-state index is 0.254. The summed E-state index contributed by atoms with van der Waals surface area (Å²) in [6.07, 6.45) is 0.268. The maximum absolute atomic E-state index is 11.9. The lowest BCUT2D eigenvalue weighted by atomic mass is 9.91. The summed E-state index contributed by atoms with van der Waals surface area (Å²) in [4.78, 5) is 23.4. The fourth-order valence-corrected chi connectivity index (χ4v) is 1.68. The average Bonchev–Trinajstić information content (AvgIpc) is 2.26. The first-order chi connectivity index (χ1) is 7.47. The lowest BCUT2D eigenvalue weighted by molar-refractivity contribution is -0.114. The zero-order valence-corrected chi connectivity index (χ0v) is 10.3. The van der Waals surface area contributed by atoms with Gasteiger partial charge in [-0.1, -0.05) is 38.5 Å². The molecule has 2 heteroatoms. The Morgan fingerprint density at radius 1 is 1.25 bits per heavy atom. The number of hydrogen-bond acceptors (Lipinski definition) is 2. The van der Waals surface area contributed by atoms with Crippen LogP contribution >= 0.6 is 0 Å². The van der Waals surface area contributed by atoms with Crippen LogP contribution in [0, 0.1) is 6.92 Å². The molecule has 0 aliphatic heterocycles. The van der Waals surface area contributed by atoms with E-state index in [0.29, 0.717) is 5.56 Å². The molecule has 0 heterocycles. The number of aryl methyl sites for hydroxylation is 1. The first kappa shape index (κ1) is 12.6. The maximum Gasteiger partial charge on any atom is 0.228 e. The van der Waals surface area contributed by atoms with Crippen LogP contribution in [-0.4, -0.2) is 11.6 Å². The molecule has 0 fully saturated rings. The number of rotatable bonds is 4. The van der Waals surface area contributed by atoms with Gasteiger partial charge in [0.1, 0.15) is 0 Å². The Balaban J connectivity index is 3.25. The lowest BCUT2D eigenvalue weighted by Crippen LogP contribution is -2.15. The smallest absolute Gasteiger partial charge is 0.228 e. The summed E-state index contributed by atoms with van der Waals surface area (Å²) in [6.45, 7) is 7.69. The van der Waals surface area contributed by atoms with Crippen molar-refractivity contribution in [1.82, 2.24) is 0 Å². The molecule has 86 valence electrons. The third-order valence-corrected chi connectivity index (χ3v) is 2.65. The molecule has 0 aromatic heterocycles. The van der Waals surface area contributed by atoms with Crippen LogP contribution in [0.25, 0.3) is 0 Å². The average molecular weight is 218 g/mol. The topological polar surface area (TPSA) is 34.1 Å². The second-order valence-corrected chi connectivity index (χ2v) is 4.35. The summed E-state index contributed by atoms with van der Waals surface area (Å²) in [5, 5.41) is 0. The number of carbonyl (C=O) groups excluding carboxylic acids is 2. The molecule has 1 aromatic rings. The Labute approximate surface area is 96.7 Å². The number of benzene rings is 1. The monoisotopic (exact) mass is 218 g/mol. The van der Waals surface area contributed by atoms with E-state index in [1.165, 1.54) is 0 Å². The molecule has 0 radical (unpaired) electrons. The Morgan fingerprint density at radius 3 is 2.38 bits per heavy atom. The van der Waals surface area contributed by atoms with E-state index in [1.54, 1.807) is 6.92 Å². The molecule has 0 N–H and O–H groups in total. The van der Waals surface area contributed by atoms with Crippen LogP contribution in [0.4, 0.5) is 0 Å². The summed E-state index contributed by atoms with van der Waals surface area (Å²) in [5.74, 6) is -0.411. The fourth-order valence-electron chi connectivity index (χ4n) is 1.68. The van der Waals surface area contributed by atoms with E-state index >= 15 is 0 Å². The summed E-state index contributed by atoms with van der Waals surface area (Å²) < 4.78 is 0. The molecule has 0 aliphatic rings. The molecule has 0 aliphatic carbocycles. The van der Waals surface area contributed by atoms with Crippen molar-refractivity contribution in [3.05, 3.63) is 34.9 Å². The molecule has 0 bridgehead atoms. The van der Waals surface area contributed by atoms with E-state index < -0.39 is 0 Å². The van der Waals surface area contributed by atoms with E-state index in [2.05, 4.69) is 0 Å². The third-order valence-electron chi connectivity index (χ3n) is 2.65. The Bertz CT molecular complexity index is 417. The summed E-state index contributed by atoms with van der Waals surface area (Å²) in [7, 11) is 0. The van der Waals surface area contributed by atoms with Gasteiger partial charge in [-0.15, -0.1) is 0 Å². The molecule has 1 aromatic carbocycles. The highest BCUT2D eigenvalue weighted by atomic mass is 16.2. The van der Waals surface area contributed by atoms with Crippen molar-refractivity contribution in [1.29, 1.82) is 0 Å². The van der Waals surface area contributed by atoms with Crippen molar-refractivity contribution in [3.63, 3.8) is 0 Å². The molecule has 16 heavy (non-hydrogen) atoms. The van der Waals surface area contributed by atoms with Crippen molar-refractivity contribution in [2.24, 2.45) is 0 Å². The predicted molar refractivity (Wildman–Crippen MR) is 64.9 cm³/mol. The van der Waals surface area contributed by atoms with Gasteiger partial charge in [-0.3, -0.25) is 9.59 Å². The SMILES string of the molecule is CCC(=O)C(=O)c1cc(C)ccc1C(C)C. The summed E-state index contributed by atoms with van der Waals surface area (Å²) in [5.41, 5.74) is 2.54. The highest BCUT2D eigenvalue weighted by Gasteiger charge is 2.19. The quantitative estimate of drug-likeness (QED) is 0.574. The first-order valence-electron chi connectivity index (χ1n) is 5.65. The van der Waals surface area contributed by atoms with Crippen LogP contribution in [0.15, 0.2) is 18.2 Å². The van der Waals surface area contributed by atoms with Crippen LogP contribution in [0.3, 0.4) is 0 Å². The van der Waals surface area contributed by atoms with Gasteiger partial charge >= 0.3 is 0 Å². The molecule has 0 spiro atoms. The van der Waals surface area contributed by atoms with Crippen LogP contribution in [0.5, 0.6) is 0 Å². The molecule has 1 rings (SSSR count). The van der Waals surface area contributed by atoms with Crippen molar-refractivity contribution >= 4 is 11.6 Å². The Kier molecular flexibility index (Phi) is 3.99. The molecular formula is C14H18O2. The van der Waals surface area contributed by atoms with Crippen LogP contribution in [0.1, 0.15) is 54.6 Å². The first-order valence-corrected chi connectivity index (χ1v) is 5.65. The minimum Gasteiger partial charge on any atom is -0.290 e. The molecule has 0 saturated carbocycles. The molecule has 0 saturated heterocycles. The van der Waals surface area contributed by atoms with Gasteiger partial charge in [0, 0.05) is 12.0 Å². The Morgan fingerprint density at radius 2 is 1.88 bits per heavy atom. The highest BCUT2D eigenvalue weighted by Crippen LogP contribution is 2.21. The van der Waals surface area contributed by atoms with Crippen LogP contribution in [0.2, 0.25) is 0 Å². The van der Waals surface area contributed by atoms with E-state index in [4.69, 9.17) is 0 Å². The third kappa shape index (κ3) is 2.57. The molecular weight excluding hydrogens is 200 g/mol. The number of hydrogen-bond donors (Lipinski definition) is 0. The van der Waals surface area contributed by atoms with Gasteiger partial charge in [0.15, 0.2) is 0 Å². The minimum atomic E-state index is -0.352. The van der Waals surface area contributed by atoms with Crippen molar-refractivity contribution < 1.29 is 9.59 Å². The van der Waals surface area contributed by atoms with Crippen molar-refractivity contribution in [2.45, 2.75) is 40.0 Å². The Hall–Kier alpha value is -1.44. The molecule has 2 nitrogen and oxygen atoms in total. The van der Waals surface area contributed by atoms with Gasteiger partial charge in [-0.25, -0.2) is 0 Å². The van der Waals surface area contributed by atoms with E-state index in [0.717, 1.165) is 11.1 Å². The second-order valence-electron chi connectivity index (χ2n) is 4.35. The van der Waals surface area contributed by atoms with E-state index in [9.17, 15) is 9.59 Å². The lowest BCUT2D eigenvalue weighted by Gasteiger charge is -2.11. The van der Waals surface area contributed by atoms with Gasteiger partial charge in [-0.2, -0.15) is 0 Å². The summed E-state index contributed by atoms with van der Waals surface area (Å²) >= 11 is 0. The van der Waals surface area contributed by atoms with E-state index in [-0.39, 0.29) is 23.9 Å². The maximum atomic E-state index is 11.9. The zero-order chi connectivity index (χ0) is 12.3. The number of carbonyl (C=O) groups is 2. The zero-order valence-electron chi connectivity index (χ0n) is 10.3. The van der Waals surface area contributed by atoms with Crippen molar-refractivity contribution in [2.75, 3.05) is 0 Å². The van der Waals surface area contributed by atoms with Crippen LogP contribution < -0.4 is 0 Å². The standard InChI is InChI=1S/C14H18O2/c1-5-13(15)14(16)12-8-10(4)6-7-11(12)9(2)3/h6-9H,5H2,1-4H3. The predicted octanol–water partition coefficient (Wildman–Crippen LogP) is 3.28. The second kappa shape index (κ2) is 5.06.